The molecule has 2 aromatic rings. The van der Waals surface area contributed by atoms with E-state index in [0.29, 0.717) is 43.0 Å². The maximum absolute atomic E-state index is 13.0. The quantitative estimate of drug-likeness (QED) is 0.771. The van der Waals surface area contributed by atoms with Crippen LogP contribution in [-0.2, 0) is 6.54 Å². The maximum atomic E-state index is 13.0. The van der Waals surface area contributed by atoms with E-state index in [9.17, 15) is 9.59 Å². The Morgan fingerprint density at radius 1 is 0.967 bits per heavy atom. The number of para-hydroxylation sites is 1. The molecule has 6 heteroatoms. The van der Waals surface area contributed by atoms with Crippen molar-refractivity contribution in [2.24, 2.45) is 0 Å². The van der Waals surface area contributed by atoms with Crippen LogP contribution in [0.3, 0.4) is 0 Å². The number of Topliss-reactive ketones (excluding diaryl/α,β-unsaturated/α-hetero) is 1. The first-order valence-corrected chi connectivity index (χ1v) is 11.0. The molecular weight excluding hydrogens is 380 g/mol. The van der Waals surface area contributed by atoms with Gasteiger partial charge < -0.3 is 14.1 Å². The van der Waals surface area contributed by atoms with Crippen LogP contribution in [-0.4, -0.2) is 53.3 Å². The number of rotatable bonds is 3. The smallest absolute Gasteiger partial charge is 0.289 e. The average Bonchev–Trinajstić information content (AvgIpc) is 3.39. The van der Waals surface area contributed by atoms with Crippen molar-refractivity contribution in [2.75, 3.05) is 26.2 Å². The zero-order valence-electron chi connectivity index (χ0n) is 17.3. The second-order valence-corrected chi connectivity index (χ2v) is 8.78. The monoisotopic (exact) mass is 408 g/mol. The van der Waals surface area contributed by atoms with Crippen molar-refractivity contribution in [2.45, 2.75) is 50.7 Å². The van der Waals surface area contributed by atoms with Crippen LogP contribution >= 0.6 is 0 Å². The van der Waals surface area contributed by atoms with E-state index in [0.717, 1.165) is 38.2 Å². The van der Waals surface area contributed by atoms with Crippen LogP contribution in [0.4, 0.5) is 0 Å². The lowest BCUT2D eigenvalue weighted by Gasteiger charge is -2.37. The van der Waals surface area contributed by atoms with Crippen molar-refractivity contribution in [3.05, 3.63) is 53.5 Å². The molecule has 6 nitrogen and oxygen atoms in total. The Bertz CT molecular complexity index is 946. The molecule has 0 aliphatic carbocycles. The van der Waals surface area contributed by atoms with E-state index in [-0.39, 0.29) is 11.7 Å². The summed E-state index contributed by atoms with van der Waals surface area (Å²) < 4.78 is 12.2. The molecule has 0 bridgehead atoms. The molecule has 3 aliphatic heterocycles. The lowest BCUT2D eigenvalue weighted by atomic mass is 9.84. The summed E-state index contributed by atoms with van der Waals surface area (Å²) >= 11 is 0. The summed E-state index contributed by atoms with van der Waals surface area (Å²) in [4.78, 5) is 29.9. The zero-order chi connectivity index (χ0) is 20.6. The van der Waals surface area contributed by atoms with Gasteiger partial charge in [-0.1, -0.05) is 12.1 Å². The van der Waals surface area contributed by atoms with Gasteiger partial charge in [-0.25, -0.2) is 0 Å². The van der Waals surface area contributed by atoms with Gasteiger partial charge in [0.2, 0.25) is 0 Å². The predicted molar refractivity (Wildman–Crippen MR) is 112 cm³/mol. The molecule has 30 heavy (non-hydrogen) atoms. The number of ketones is 1. The van der Waals surface area contributed by atoms with Crippen LogP contribution < -0.4 is 4.74 Å². The van der Waals surface area contributed by atoms with Gasteiger partial charge in [-0.05, 0) is 63.0 Å². The van der Waals surface area contributed by atoms with Gasteiger partial charge in [-0.15, -0.1) is 0 Å². The Balaban J connectivity index is 1.25. The van der Waals surface area contributed by atoms with Crippen LogP contribution in [0.5, 0.6) is 5.75 Å². The third-order valence-corrected chi connectivity index (χ3v) is 6.63. The predicted octanol–water partition coefficient (Wildman–Crippen LogP) is 3.91. The van der Waals surface area contributed by atoms with Crippen LogP contribution in [0.2, 0.25) is 0 Å². The number of carbonyl (C=O) groups is 2. The third-order valence-electron chi connectivity index (χ3n) is 6.63. The number of amides is 1. The Kier molecular flexibility index (Phi) is 5.11. The Labute approximate surface area is 176 Å². The summed E-state index contributed by atoms with van der Waals surface area (Å²) in [6, 6.07) is 11.2. The molecule has 2 fully saturated rings. The van der Waals surface area contributed by atoms with Gasteiger partial charge in [0.15, 0.2) is 11.5 Å². The molecular formula is C24H28N2O4. The molecule has 0 radical (unpaired) electrons. The maximum Gasteiger partial charge on any atom is 0.289 e. The molecule has 2 saturated heterocycles. The first-order chi connectivity index (χ1) is 14.6. The Morgan fingerprint density at radius 3 is 2.67 bits per heavy atom. The normalized spacial score (nSPS) is 24.5. The van der Waals surface area contributed by atoms with Crippen LogP contribution in [0, 0.1) is 0 Å². The summed E-state index contributed by atoms with van der Waals surface area (Å²) in [6.07, 6.45) is 5.08. The van der Waals surface area contributed by atoms with E-state index in [4.69, 9.17) is 9.15 Å². The molecule has 0 N–H and O–H groups in total. The highest BCUT2D eigenvalue weighted by Crippen LogP contribution is 2.39. The third kappa shape index (κ3) is 3.76. The van der Waals surface area contributed by atoms with Gasteiger partial charge in [0.1, 0.15) is 17.1 Å². The largest absolute Gasteiger partial charge is 0.486 e. The molecule has 1 unspecified atom stereocenters. The molecule has 4 heterocycles. The second kappa shape index (κ2) is 7.91. The first-order valence-electron chi connectivity index (χ1n) is 11.0. The molecule has 1 atom stereocenters. The standard InChI is InChI=1S/C24H28N2O4/c27-20-16-24(30-21-7-2-1-6-19(20)21)10-5-14-26(15-11-24)23(28)22-9-8-18(29-22)17-25-12-3-4-13-25/h1-2,6-9H,3-5,10-17H2. The summed E-state index contributed by atoms with van der Waals surface area (Å²) in [5.74, 6) is 2.00. The van der Waals surface area contributed by atoms with Crippen molar-refractivity contribution >= 4 is 11.7 Å². The second-order valence-electron chi connectivity index (χ2n) is 8.78. The lowest BCUT2D eigenvalue weighted by molar-refractivity contribution is 0.0298. The topological polar surface area (TPSA) is 63.0 Å². The molecule has 1 aromatic carbocycles. The first kappa shape index (κ1) is 19.4. The Hall–Kier alpha value is -2.60. The summed E-state index contributed by atoms with van der Waals surface area (Å²) in [7, 11) is 0. The van der Waals surface area contributed by atoms with Gasteiger partial charge in [-0.3, -0.25) is 14.5 Å². The average molecular weight is 408 g/mol. The number of fused-ring (bicyclic) bond motifs is 1. The summed E-state index contributed by atoms with van der Waals surface area (Å²) in [5.41, 5.74) is 0.159. The molecule has 1 spiro atoms. The number of hydrogen-bond acceptors (Lipinski definition) is 5. The van der Waals surface area contributed by atoms with Gasteiger partial charge >= 0.3 is 0 Å². The van der Waals surface area contributed by atoms with Crippen LogP contribution in [0.25, 0.3) is 0 Å². The number of carbonyl (C=O) groups excluding carboxylic acids is 2. The fourth-order valence-electron chi connectivity index (χ4n) is 4.99. The van der Waals surface area contributed by atoms with E-state index in [1.807, 2.05) is 35.2 Å². The van der Waals surface area contributed by atoms with E-state index in [1.165, 1.54) is 12.8 Å². The van der Waals surface area contributed by atoms with Crippen LogP contribution in [0.1, 0.15) is 65.2 Å². The number of hydrogen-bond donors (Lipinski definition) is 0. The van der Waals surface area contributed by atoms with Gasteiger partial charge in [0.25, 0.3) is 5.91 Å². The fourth-order valence-corrected chi connectivity index (χ4v) is 4.99. The molecule has 158 valence electrons. The van der Waals surface area contributed by atoms with Gasteiger partial charge in [0, 0.05) is 19.5 Å². The molecule has 0 saturated carbocycles. The minimum Gasteiger partial charge on any atom is -0.486 e. The van der Waals surface area contributed by atoms with E-state index >= 15 is 0 Å². The fraction of sp³-hybridized carbons (Fsp3) is 0.500. The number of nitrogens with zero attached hydrogens (tertiary/aromatic N) is 2. The Morgan fingerprint density at radius 2 is 1.80 bits per heavy atom. The number of furan rings is 1. The number of ether oxygens (including phenoxy) is 1. The van der Waals surface area contributed by atoms with Gasteiger partial charge in [0.05, 0.1) is 18.5 Å². The number of benzene rings is 1. The highest BCUT2D eigenvalue weighted by Gasteiger charge is 2.42. The highest BCUT2D eigenvalue weighted by atomic mass is 16.5. The molecule has 3 aliphatic rings. The lowest BCUT2D eigenvalue weighted by Crippen LogP contribution is -2.43. The van der Waals surface area contributed by atoms with Crippen molar-refractivity contribution < 1.29 is 18.7 Å². The van der Waals surface area contributed by atoms with Crippen LogP contribution in [0.15, 0.2) is 40.8 Å². The summed E-state index contributed by atoms with van der Waals surface area (Å²) in [5, 5.41) is 0. The van der Waals surface area contributed by atoms with Crippen molar-refractivity contribution in [1.29, 1.82) is 0 Å². The van der Waals surface area contributed by atoms with E-state index < -0.39 is 5.60 Å². The van der Waals surface area contributed by atoms with E-state index in [1.54, 1.807) is 6.07 Å². The number of likely N-dealkylation sites (tertiary alicyclic amines) is 2. The highest BCUT2D eigenvalue weighted by molar-refractivity contribution is 6.00. The van der Waals surface area contributed by atoms with Crippen molar-refractivity contribution in [1.82, 2.24) is 9.80 Å². The minimum absolute atomic E-state index is 0.0674. The molecule has 5 rings (SSSR count). The SMILES string of the molecule is O=C1CC2(CCCN(C(=O)c3ccc(CN4CCCC4)o3)CC2)Oc2ccccc21. The summed E-state index contributed by atoms with van der Waals surface area (Å²) in [6.45, 7) is 4.18. The van der Waals surface area contributed by atoms with Gasteiger partial charge in [-0.2, -0.15) is 0 Å². The zero-order valence-corrected chi connectivity index (χ0v) is 17.3. The van der Waals surface area contributed by atoms with E-state index in [2.05, 4.69) is 4.90 Å². The molecule has 1 amide bonds. The molecule has 1 aromatic heterocycles. The van der Waals surface area contributed by atoms with Crippen molar-refractivity contribution in [3.8, 4) is 5.75 Å². The minimum atomic E-state index is -0.509. The van der Waals surface area contributed by atoms with Crippen molar-refractivity contribution in [3.63, 3.8) is 0 Å².